The summed E-state index contributed by atoms with van der Waals surface area (Å²) in [6.45, 7) is 0. The molecule has 6 aromatic rings. The highest BCUT2D eigenvalue weighted by Gasteiger charge is 2.53. The molecular formula is C32H19NS. The highest BCUT2D eigenvalue weighted by Crippen LogP contribution is 2.66. The van der Waals surface area contributed by atoms with E-state index in [1.165, 1.54) is 65.0 Å². The Morgan fingerprint density at radius 1 is 0.559 bits per heavy atom. The van der Waals surface area contributed by atoms with Crippen molar-refractivity contribution in [3.63, 3.8) is 0 Å². The molecular weight excluding hydrogens is 430 g/mol. The van der Waals surface area contributed by atoms with Crippen LogP contribution in [0.2, 0.25) is 0 Å². The van der Waals surface area contributed by atoms with Crippen molar-refractivity contribution in [2.45, 2.75) is 5.41 Å². The number of nitrogens with zero attached hydrogens (tertiary/aromatic N) is 1. The lowest BCUT2D eigenvalue weighted by Gasteiger charge is -2.29. The minimum Gasteiger partial charge on any atom is -0.265 e. The van der Waals surface area contributed by atoms with Crippen LogP contribution in [0.5, 0.6) is 0 Å². The Kier molecular flexibility index (Phi) is 3.54. The number of benzene rings is 4. The second-order valence-corrected chi connectivity index (χ2v) is 10.2. The van der Waals surface area contributed by atoms with E-state index >= 15 is 0 Å². The maximum Gasteiger partial charge on any atom is 0.0819 e. The molecule has 0 N–H and O–H groups in total. The van der Waals surface area contributed by atoms with Crippen LogP contribution in [0.3, 0.4) is 0 Å². The van der Waals surface area contributed by atoms with Gasteiger partial charge in [-0.1, -0.05) is 78.9 Å². The molecule has 2 aromatic heterocycles. The van der Waals surface area contributed by atoms with Gasteiger partial charge in [0.25, 0.3) is 0 Å². The lowest BCUT2D eigenvalue weighted by Crippen LogP contribution is -2.24. The van der Waals surface area contributed by atoms with Crippen LogP contribution in [0, 0.1) is 0 Å². The Hall–Kier alpha value is -4.01. The van der Waals surface area contributed by atoms with Gasteiger partial charge in [-0.2, -0.15) is 0 Å². The number of hydrogen-bond acceptors (Lipinski definition) is 2. The molecule has 0 saturated carbocycles. The van der Waals surface area contributed by atoms with Gasteiger partial charge in [-0.05, 0) is 68.8 Å². The van der Waals surface area contributed by atoms with Crippen LogP contribution in [0.25, 0.3) is 43.5 Å². The molecule has 34 heavy (non-hydrogen) atoms. The summed E-state index contributed by atoms with van der Waals surface area (Å²) in [6.07, 6.45) is 3.75. The zero-order valence-corrected chi connectivity index (χ0v) is 19.1. The number of aromatic nitrogens is 1. The van der Waals surface area contributed by atoms with E-state index in [4.69, 9.17) is 0 Å². The van der Waals surface area contributed by atoms with Crippen molar-refractivity contribution < 1.29 is 0 Å². The molecule has 2 heteroatoms. The predicted molar refractivity (Wildman–Crippen MR) is 141 cm³/mol. The van der Waals surface area contributed by atoms with Gasteiger partial charge >= 0.3 is 0 Å². The summed E-state index contributed by atoms with van der Waals surface area (Å²) in [5.74, 6) is 0. The number of thiophene rings is 1. The van der Waals surface area contributed by atoms with Crippen LogP contribution in [0.15, 0.2) is 116 Å². The molecule has 1 unspecified atom stereocenters. The van der Waals surface area contributed by atoms with Gasteiger partial charge in [0.05, 0.1) is 5.41 Å². The number of pyridine rings is 1. The summed E-state index contributed by atoms with van der Waals surface area (Å²) in [4.78, 5) is 5.68. The van der Waals surface area contributed by atoms with Crippen molar-refractivity contribution in [1.82, 2.24) is 4.98 Å². The van der Waals surface area contributed by atoms with E-state index in [9.17, 15) is 0 Å². The van der Waals surface area contributed by atoms with Crippen LogP contribution in [0.1, 0.15) is 21.6 Å². The third-order valence-corrected chi connectivity index (χ3v) is 8.89. The first kappa shape index (κ1) is 18.4. The molecule has 2 heterocycles. The van der Waals surface area contributed by atoms with E-state index in [1.807, 2.05) is 23.7 Å². The molecule has 2 aliphatic carbocycles. The quantitative estimate of drug-likeness (QED) is 0.246. The van der Waals surface area contributed by atoms with Crippen LogP contribution in [-0.4, -0.2) is 4.98 Å². The Bertz CT molecular complexity index is 1760. The van der Waals surface area contributed by atoms with Crippen molar-refractivity contribution >= 4 is 21.4 Å². The van der Waals surface area contributed by atoms with Gasteiger partial charge in [0.15, 0.2) is 0 Å². The SMILES string of the molecule is c1ccc2c(c1)-c1ccc(-c3ccncc3)cc1C21c2ccccc2-c2c1sc1ccccc21. The van der Waals surface area contributed by atoms with Crippen LogP contribution in [0.4, 0.5) is 0 Å². The van der Waals surface area contributed by atoms with Gasteiger partial charge in [-0.15, -0.1) is 11.3 Å². The zero-order valence-electron chi connectivity index (χ0n) is 18.3. The van der Waals surface area contributed by atoms with Gasteiger partial charge < -0.3 is 0 Å². The summed E-state index contributed by atoms with van der Waals surface area (Å²) >= 11 is 1.96. The fourth-order valence-corrected chi connectivity index (χ4v) is 7.72. The van der Waals surface area contributed by atoms with Crippen LogP contribution < -0.4 is 0 Å². The highest BCUT2D eigenvalue weighted by molar-refractivity contribution is 7.20. The summed E-state index contributed by atoms with van der Waals surface area (Å²) in [5, 5.41) is 1.36. The van der Waals surface area contributed by atoms with Gasteiger partial charge in [0.2, 0.25) is 0 Å². The minimum atomic E-state index is -0.287. The topological polar surface area (TPSA) is 12.9 Å². The van der Waals surface area contributed by atoms with Crippen molar-refractivity contribution in [2.75, 3.05) is 0 Å². The van der Waals surface area contributed by atoms with Crippen molar-refractivity contribution in [3.05, 3.63) is 137 Å². The second kappa shape index (κ2) is 6.53. The van der Waals surface area contributed by atoms with Crippen LogP contribution >= 0.6 is 11.3 Å². The molecule has 0 aliphatic heterocycles. The second-order valence-electron chi connectivity index (χ2n) is 9.14. The molecule has 8 rings (SSSR count). The van der Waals surface area contributed by atoms with E-state index < -0.39 is 0 Å². The van der Waals surface area contributed by atoms with Crippen LogP contribution in [-0.2, 0) is 5.41 Å². The molecule has 0 saturated heterocycles. The fourth-order valence-electron chi connectivity index (χ4n) is 6.27. The molecule has 0 fully saturated rings. The molecule has 2 aliphatic rings. The maximum absolute atomic E-state index is 4.23. The standard InChI is InChI=1S/C32H19NS/c1-4-10-26-22(7-1)23-14-13-21(20-15-17-33-18-16-20)19-28(23)32(26)27-11-5-2-8-24(27)30-25-9-3-6-12-29(25)34-31(30)32/h1-19H. The molecule has 158 valence electrons. The molecule has 4 aromatic carbocycles. The molecule has 0 amide bonds. The van der Waals surface area contributed by atoms with Gasteiger partial charge in [-0.3, -0.25) is 4.98 Å². The monoisotopic (exact) mass is 449 g/mol. The average Bonchev–Trinajstić information content (AvgIpc) is 3.52. The maximum atomic E-state index is 4.23. The Labute approximate surface area is 202 Å². The molecule has 1 spiro atoms. The van der Waals surface area contributed by atoms with E-state index in [-0.39, 0.29) is 5.41 Å². The van der Waals surface area contributed by atoms with E-state index in [0.717, 1.165) is 0 Å². The summed E-state index contributed by atoms with van der Waals surface area (Å²) in [5.41, 5.74) is 11.8. The number of fused-ring (bicyclic) bond motifs is 12. The van der Waals surface area contributed by atoms with Crippen molar-refractivity contribution in [3.8, 4) is 33.4 Å². The normalized spacial score (nSPS) is 16.9. The molecule has 0 bridgehead atoms. The number of rotatable bonds is 1. The Balaban J connectivity index is 1.56. The van der Waals surface area contributed by atoms with Gasteiger partial charge in [0.1, 0.15) is 0 Å². The lowest BCUT2D eigenvalue weighted by atomic mass is 9.73. The Morgan fingerprint density at radius 2 is 1.24 bits per heavy atom. The van der Waals surface area contributed by atoms with Gasteiger partial charge in [0, 0.05) is 32.9 Å². The van der Waals surface area contributed by atoms with E-state index in [0.29, 0.717) is 0 Å². The third-order valence-electron chi connectivity index (χ3n) is 7.59. The molecule has 0 radical (unpaired) electrons. The summed E-state index contributed by atoms with van der Waals surface area (Å²) < 4.78 is 1.36. The molecule has 1 atom stereocenters. The first-order valence-corrected chi connectivity index (χ1v) is 12.5. The van der Waals surface area contributed by atoms with Crippen molar-refractivity contribution in [1.29, 1.82) is 0 Å². The van der Waals surface area contributed by atoms with Crippen molar-refractivity contribution in [2.24, 2.45) is 0 Å². The van der Waals surface area contributed by atoms with E-state index in [2.05, 4.69) is 108 Å². The lowest BCUT2D eigenvalue weighted by molar-refractivity contribution is 0.812. The average molecular weight is 450 g/mol. The predicted octanol–water partition coefficient (Wildman–Crippen LogP) is 8.31. The summed E-state index contributed by atoms with van der Waals surface area (Å²) in [6, 6.07) is 38.2. The summed E-state index contributed by atoms with van der Waals surface area (Å²) in [7, 11) is 0. The highest BCUT2D eigenvalue weighted by atomic mass is 32.1. The number of hydrogen-bond donors (Lipinski definition) is 0. The fraction of sp³-hybridized carbons (Fsp3) is 0.0312. The Morgan fingerprint density at radius 3 is 2.09 bits per heavy atom. The zero-order chi connectivity index (χ0) is 22.3. The minimum absolute atomic E-state index is 0.287. The first-order valence-electron chi connectivity index (χ1n) is 11.6. The van der Waals surface area contributed by atoms with E-state index in [1.54, 1.807) is 0 Å². The molecule has 1 nitrogen and oxygen atoms in total. The van der Waals surface area contributed by atoms with Gasteiger partial charge in [-0.25, -0.2) is 0 Å². The smallest absolute Gasteiger partial charge is 0.0819 e. The largest absolute Gasteiger partial charge is 0.265 e. The first-order chi connectivity index (χ1) is 16.9. The third kappa shape index (κ3) is 2.12.